The monoisotopic (exact) mass is 426 g/mol. The van der Waals surface area contributed by atoms with Crippen LogP contribution in [0.25, 0.3) is 0 Å². The predicted molar refractivity (Wildman–Crippen MR) is 99.7 cm³/mol. The third-order valence-corrected chi connectivity index (χ3v) is 3.78. The van der Waals surface area contributed by atoms with E-state index in [1.807, 2.05) is 13.0 Å². The molecule has 6 nitrogen and oxygen atoms in total. The van der Waals surface area contributed by atoms with Crippen LogP contribution >= 0.6 is 27.5 Å². The highest BCUT2D eigenvalue weighted by Gasteiger charge is 2.08. The Morgan fingerprint density at radius 1 is 1.32 bits per heavy atom. The first-order valence-electron chi connectivity index (χ1n) is 7.35. The van der Waals surface area contributed by atoms with Gasteiger partial charge in [-0.2, -0.15) is 5.10 Å². The van der Waals surface area contributed by atoms with E-state index >= 15 is 0 Å². The second-order valence-electron chi connectivity index (χ2n) is 4.79. The maximum absolute atomic E-state index is 11.8. The summed E-state index contributed by atoms with van der Waals surface area (Å²) in [6, 6.07) is 10.1. The molecule has 2 N–H and O–H groups in total. The van der Waals surface area contributed by atoms with E-state index in [4.69, 9.17) is 21.1 Å². The Hall–Kier alpha value is -2.25. The van der Waals surface area contributed by atoms with Gasteiger partial charge >= 0.3 is 0 Å². The van der Waals surface area contributed by atoms with E-state index in [1.165, 1.54) is 12.3 Å². The number of nitrogens with one attached hydrogen (secondary N) is 1. The summed E-state index contributed by atoms with van der Waals surface area (Å²) in [5.41, 5.74) is 2.68. The maximum atomic E-state index is 11.8. The van der Waals surface area contributed by atoms with E-state index in [0.717, 1.165) is 0 Å². The van der Waals surface area contributed by atoms with Crippen LogP contribution in [0.3, 0.4) is 0 Å². The quantitative estimate of drug-likeness (QED) is 0.521. The lowest BCUT2D eigenvalue weighted by Crippen LogP contribution is -2.24. The number of hydrogen-bond acceptors (Lipinski definition) is 5. The van der Waals surface area contributed by atoms with E-state index in [-0.39, 0.29) is 12.4 Å². The van der Waals surface area contributed by atoms with E-state index in [0.29, 0.717) is 33.2 Å². The summed E-state index contributed by atoms with van der Waals surface area (Å²) in [5.74, 6) is 0.558. The molecule has 0 saturated heterocycles. The number of rotatable bonds is 7. The lowest BCUT2D eigenvalue weighted by Gasteiger charge is -2.10. The highest BCUT2D eigenvalue weighted by atomic mass is 79.9. The molecule has 0 unspecified atom stereocenters. The first-order valence-corrected chi connectivity index (χ1v) is 8.53. The average Bonchev–Trinajstić information content (AvgIpc) is 2.58. The fourth-order valence-electron chi connectivity index (χ4n) is 1.88. The van der Waals surface area contributed by atoms with Crippen molar-refractivity contribution in [3.63, 3.8) is 0 Å². The third kappa shape index (κ3) is 5.65. The SMILES string of the molecule is CCOc1ccccc1OCC(=O)NN=Cc1cc(Cl)cc(Br)c1O. The molecule has 0 fully saturated rings. The van der Waals surface area contributed by atoms with Gasteiger partial charge in [-0.25, -0.2) is 5.43 Å². The summed E-state index contributed by atoms with van der Waals surface area (Å²) in [7, 11) is 0. The number of para-hydroxylation sites is 2. The van der Waals surface area contributed by atoms with Crippen molar-refractivity contribution in [1.29, 1.82) is 0 Å². The molecule has 2 aromatic carbocycles. The minimum atomic E-state index is -0.455. The van der Waals surface area contributed by atoms with E-state index in [1.54, 1.807) is 24.3 Å². The van der Waals surface area contributed by atoms with Crippen molar-refractivity contribution < 1.29 is 19.4 Å². The number of carbonyl (C=O) groups is 1. The second kappa shape index (κ2) is 9.29. The summed E-state index contributed by atoms with van der Waals surface area (Å²) >= 11 is 9.07. The minimum absolute atomic E-state index is 0.0238. The molecule has 0 aromatic heterocycles. The number of amides is 1. The number of ether oxygens (including phenoxy) is 2. The molecule has 132 valence electrons. The number of hydrazone groups is 1. The minimum Gasteiger partial charge on any atom is -0.506 e. The lowest BCUT2D eigenvalue weighted by molar-refractivity contribution is -0.123. The normalized spacial score (nSPS) is 10.7. The van der Waals surface area contributed by atoms with Gasteiger partial charge in [0.25, 0.3) is 5.91 Å². The Labute approximate surface area is 158 Å². The van der Waals surface area contributed by atoms with Crippen LogP contribution < -0.4 is 14.9 Å². The van der Waals surface area contributed by atoms with Crippen molar-refractivity contribution in [2.75, 3.05) is 13.2 Å². The summed E-state index contributed by atoms with van der Waals surface area (Å²) in [5, 5.41) is 14.1. The van der Waals surface area contributed by atoms with Crippen LogP contribution in [0.5, 0.6) is 17.2 Å². The molecule has 0 aliphatic heterocycles. The molecule has 2 aromatic rings. The van der Waals surface area contributed by atoms with Gasteiger partial charge in [0.1, 0.15) is 5.75 Å². The van der Waals surface area contributed by atoms with E-state index in [2.05, 4.69) is 26.5 Å². The Balaban J connectivity index is 1.91. The molecule has 0 aliphatic rings. The first kappa shape index (κ1) is 19.1. The van der Waals surface area contributed by atoms with Gasteiger partial charge in [-0.05, 0) is 47.1 Å². The van der Waals surface area contributed by atoms with Crippen molar-refractivity contribution in [1.82, 2.24) is 5.43 Å². The van der Waals surface area contributed by atoms with Crippen molar-refractivity contribution in [2.24, 2.45) is 5.10 Å². The van der Waals surface area contributed by atoms with Gasteiger partial charge in [0.15, 0.2) is 18.1 Å². The number of aromatic hydroxyl groups is 1. The smallest absolute Gasteiger partial charge is 0.277 e. The van der Waals surface area contributed by atoms with Gasteiger partial charge in [0.2, 0.25) is 0 Å². The predicted octanol–water partition coefficient (Wildman–Crippen LogP) is 3.74. The van der Waals surface area contributed by atoms with Crippen molar-refractivity contribution >= 4 is 39.7 Å². The molecular weight excluding hydrogens is 412 g/mol. The Bertz CT molecular complexity index is 783. The zero-order chi connectivity index (χ0) is 18.2. The molecule has 0 heterocycles. The highest BCUT2D eigenvalue weighted by molar-refractivity contribution is 9.10. The molecule has 8 heteroatoms. The Morgan fingerprint density at radius 2 is 2.00 bits per heavy atom. The van der Waals surface area contributed by atoms with Crippen LogP contribution in [0.15, 0.2) is 46.0 Å². The largest absolute Gasteiger partial charge is 0.506 e. The molecule has 0 aliphatic carbocycles. The topological polar surface area (TPSA) is 80.2 Å². The second-order valence-corrected chi connectivity index (χ2v) is 6.08. The summed E-state index contributed by atoms with van der Waals surface area (Å²) in [6.45, 7) is 2.13. The van der Waals surface area contributed by atoms with Gasteiger partial charge in [0, 0.05) is 10.6 Å². The summed E-state index contributed by atoms with van der Waals surface area (Å²) in [6.07, 6.45) is 1.29. The van der Waals surface area contributed by atoms with Crippen LogP contribution in [0.1, 0.15) is 12.5 Å². The Morgan fingerprint density at radius 3 is 2.68 bits per heavy atom. The van der Waals surface area contributed by atoms with Crippen molar-refractivity contribution in [3.8, 4) is 17.2 Å². The fraction of sp³-hybridized carbons (Fsp3) is 0.176. The molecule has 0 bridgehead atoms. The molecule has 25 heavy (non-hydrogen) atoms. The third-order valence-electron chi connectivity index (χ3n) is 2.96. The number of phenols is 1. The van der Waals surface area contributed by atoms with Crippen molar-refractivity contribution in [2.45, 2.75) is 6.92 Å². The number of halogens is 2. The number of phenolic OH excluding ortho intramolecular Hbond substituents is 1. The molecular formula is C17H16BrClN2O4. The van der Waals surface area contributed by atoms with E-state index in [9.17, 15) is 9.90 Å². The van der Waals surface area contributed by atoms with Gasteiger partial charge in [-0.15, -0.1) is 0 Å². The highest BCUT2D eigenvalue weighted by Crippen LogP contribution is 2.30. The van der Waals surface area contributed by atoms with Crippen LogP contribution in [-0.2, 0) is 4.79 Å². The summed E-state index contributed by atoms with van der Waals surface area (Å²) in [4.78, 5) is 11.8. The molecule has 0 saturated carbocycles. The number of nitrogens with zero attached hydrogens (tertiary/aromatic N) is 1. The molecule has 0 spiro atoms. The van der Waals surface area contributed by atoms with Crippen LogP contribution in [-0.4, -0.2) is 30.4 Å². The maximum Gasteiger partial charge on any atom is 0.277 e. The van der Waals surface area contributed by atoms with Crippen LogP contribution in [0.4, 0.5) is 0 Å². The molecule has 1 amide bonds. The van der Waals surface area contributed by atoms with Gasteiger partial charge in [-0.3, -0.25) is 4.79 Å². The number of benzene rings is 2. The Kier molecular flexibility index (Phi) is 7.09. The number of carbonyl (C=O) groups excluding carboxylic acids is 1. The molecule has 0 atom stereocenters. The van der Waals surface area contributed by atoms with Crippen LogP contribution in [0.2, 0.25) is 5.02 Å². The average molecular weight is 428 g/mol. The van der Waals surface area contributed by atoms with Crippen molar-refractivity contribution in [3.05, 3.63) is 51.5 Å². The zero-order valence-electron chi connectivity index (χ0n) is 13.3. The van der Waals surface area contributed by atoms with Gasteiger partial charge < -0.3 is 14.6 Å². The fourth-order valence-corrected chi connectivity index (χ4v) is 2.71. The van der Waals surface area contributed by atoms with Crippen LogP contribution in [0, 0.1) is 0 Å². The molecule has 2 rings (SSSR count). The zero-order valence-corrected chi connectivity index (χ0v) is 15.7. The van der Waals surface area contributed by atoms with E-state index < -0.39 is 5.91 Å². The van der Waals surface area contributed by atoms with Gasteiger partial charge in [0.05, 0.1) is 17.3 Å². The first-order chi connectivity index (χ1) is 12.0. The summed E-state index contributed by atoms with van der Waals surface area (Å²) < 4.78 is 11.3. The number of hydrogen-bond donors (Lipinski definition) is 2. The lowest BCUT2D eigenvalue weighted by atomic mass is 10.2. The molecule has 0 radical (unpaired) electrons. The standard InChI is InChI=1S/C17H16BrClN2O4/c1-2-24-14-5-3-4-6-15(14)25-10-16(22)21-20-9-11-7-12(19)8-13(18)17(11)23/h3-9,23H,2,10H2,1H3,(H,21,22). The van der Waals surface area contributed by atoms with Gasteiger partial charge in [-0.1, -0.05) is 23.7 Å².